The second-order valence-electron chi connectivity index (χ2n) is 18.7. The highest BCUT2D eigenvalue weighted by Crippen LogP contribution is 2.45. The molecule has 348 valence electrons. The molecule has 0 atom stereocenters. The van der Waals surface area contributed by atoms with E-state index in [9.17, 15) is 0 Å². The van der Waals surface area contributed by atoms with Crippen LogP contribution in [-0.2, 0) is 0 Å². The summed E-state index contributed by atoms with van der Waals surface area (Å²) in [5, 5.41) is 2.28. The van der Waals surface area contributed by atoms with Crippen molar-refractivity contribution in [2.24, 2.45) is 0 Å². The number of anilines is 6. The molecule has 0 heterocycles. The summed E-state index contributed by atoms with van der Waals surface area (Å²) in [7, 11) is 0. The molecular weight excluding hydrogens is 869 g/mol. The molecule has 2 heteroatoms. The van der Waals surface area contributed by atoms with Gasteiger partial charge in [-0.3, -0.25) is 0 Å². The third kappa shape index (κ3) is 11.4. The first-order chi connectivity index (χ1) is 35.3. The number of aryl methyl sites for hydroxylation is 4. The van der Waals surface area contributed by atoms with E-state index in [1.807, 2.05) is 0 Å². The van der Waals surface area contributed by atoms with Gasteiger partial charge in [0.25, 0.3) is 0 Å². The summed E-state index contributed by atoms with van der Waals surface area (Å²) in [6.07, 6.45) is 17.5. The van der Waals surface area contributed by atoms with Gasteiger partial charge in [-0.2, -0.15) is 0 Å². The molecular formula is C70H58N2. The van der Waals surface area contributed by atoms with Gasteiger partial charge in [0.15, 0.2) is 0 Å². The van der Waals surface area contributed by atoms with Crippen LogP contribution in [0.25, 0.3) is 59.4 Å². The summed E-state index contributed by atoms with van der Waals surface area (Å²) in [6, 6.07) is 83.5. The first kappa shape index (κ1) is 46.7. The smallest absolute Gasteiger partial charge is 0.0541 e. The summed E-state index contributed by atoms with van der Waals surface area (Å²) in [5.74, 6) is 0. The summed E-state index contributed by atoms with van der Waals surface area (Å²) in [4.78, 5) is 4.78. The maximum atomic E-state index is 2.39. The van der Waals surface area contributed by atoms with E-state index in [1.54, 1.807) is 0 Å². The Labute approximate surface area is 426 Å². The van der Waals surface area contributed by atoms with Crippen molar-refractivity contribution in [2.45, 2.75) is 27.7 Å². The average molecular weight is 927 g/mol. The molecule has 0 radical (unpaired) electrons. The molecule has 0 saturated carbocycles. The highest BCUT2D eigenvalue weighted by Gasteiger charge is 2.21. The third-order valence-corrected chi connectivity index (χ3v) is 13.1. The maximum absolute atomic E-state index is 2.39. The lowest BCUT2D eigenvalue weighted by Crippen LogP contribution is -2.13. The molecule has 0 bridgehead atoms. The topological polar surface area (TPSA) is 6.48 Å². The number of benzene rings is 10. The molecule has 72 heavy (non-hydrogen) atoms. The van der Waals surface area contributed by atoms with Crippen molar-refractivity contribution < 1.29 is 0 Å². The normalized spacial score (nSPS) is 11.7. The largest absolute Gasteiger partial charge is 0.310 e. The molecule has 0 aromatic heterocycles. The van der Waals surface area contributed by atoms with E-state index in [0.717, 1.165) is 67.2 Å². The average Bonchev–Trinajstić information content (AvgIpc) is 3.42. The molecule has 0 fully saturated rings. The Morgan fingerprint density at radius 2 is 0.389 bits per heavy atom. The van der Waals surface area contributed by atoms with Crippen LogP contribution in [0.4, 0.5) is 34.1 Å². The summed E-state index contributed by atoms with van der Waals surface area (Å²) in [5.41, 5.74) is 20.8. The van der Waals surface area contributed by atoms with Gasteiger partial charge in [0.05, 0.1) is 11.4 Å². The van der Waals surface area contributed by atoms with E-state index in [4.69, 9.17) is 0 Å². The molecule has 10 rings (SSSR count). The van der Waals surface area contributed by atoms with Crippen LogP contribution in [-0.4, -0.2) is 0 Å². The Bertz CT molecular complexity index is 3080. The van der Waals surface area contributed by atoms with Crippen LogP contribution in [0.5, 0.6) is 0 Å². The highest BCUT2D eigenvalue weighted by atomic mass is 15.2. The fourth-order valence-electron chi connectivity index (χ4n) is 8.93. The number of hydrogen-bond donors (Lipinski definition) is 0. The summed E-state index contributed by atoms with van der Waals surface area (Å²) >= 11 is 0. The first-order valence-electron chi connectivity index (χ1n) is 24.8. The van der Waals surface area contributed by atoms with Crippen molar-refractivity contribution in [3.8, 4) is 0 Å². The fourth-order valence-corrected chi connectivity index (χ4v) is 8.93. The van der Waals surface area contributed by atoms with E-state index < -0.39 is 0 Å². The molecule has 0 aliphatic heterocycles. The van der Waals surface area contributed by atoms with E-state index in [0.29, 0.717) is 0 Å². The van der Waals surface area contributed by atoms with E-state index in [2.05, 4.69) is 317 Å². The van der Waals surface area contributed by atoms with Gasteiger partial charge < -0.3 is 9.80 Å². The molecule has 0 aliphatic carbocycles. The summed E-state index contributed by atoms with van der Waals surface area (Å²) < 4.78 is 0. The van der Waals surface area contributed by atoms with Gasteiger partial charge in [0.1, 0.15) is 0 Å². The van der Waals surface area contributed by atoms with Gasteiger partial charge in [0, 0.05) is 33.5 Å². The molecule has 0 aliphatic rings. The predicted molar refractivity (Wildman–Crippen MR) is 314 cm³/mol. The highest BCUT2D eigenvalue weighted by molar-refractivity contribution is 6.07. The second-order valence-corrected chi connectivity index (χ2v) is 18.7. The van der Waals surface area contributed by atoms with Gasteiger partial charge in [-0.15, -0.1) is 0 Å². The fraction of sp³-hybridized carbons (Fsp3) is 0.0571. The number of hydrogen-bond acceptors (Lipinski definition) is 2. The van der Waals surface area contributed by atoms with Crippen molar-refractivity contribution >= 4 is 93.5 Å². The second kappa shape index (κ2) is 21.8. The van der Waals surface area contributed by atoms with Gasteiger partial charge >= 0.3 is 0 Å². The lowest BCUT2D eigenvalue weighted by molar-refractivity contribution is 1.27. The quantitative estimate of drug-likeness (QED) is 0.100. The Morgan fingerprint density at radius 3 is 0.583 bits per heavy atom. The first-order valence-corrected chi connectivity index (χ1v) is 24.8. The molecule has 10 aromatic rings. The number of nitrogens with zero attached hydrogens (tertiary/aromatic N) is 2. The molecule has 0 saturated heterocycles. The SMILES string of the molecule is Cc1ccc(/C=C/c2ccc(N(c3ccc(/C=C/c4ccc(C)cc4)cc3)c3ccc(N(c4ccc(/C=C/c5ccc(C)cc5)cc4)c4ccc(/C=C/c5ccc(C)cc5)cc4)c4ccccc34)cc2)cc1. The standard InChI is InChI=1S/C70H58N2/c1-51-9-17-55(18-10-51)25-29-59-33-41-63(42-34-59)71(64-43-35-60(36-44-64)30-26-56-19-11-52(2)12-20-56)69-49-50-70(68-8-6-5-7-67(68)69)72(65-45-37-61(38-46-65)31-27-57-21-13-53(3)14-22-57)66-47-39-62(40-48-66)32-28-58-23-15-54(4)16-24-58/h5-50H,1-4H3/b29-25+,30-26+,31-27+,32-28+. The Kier molecular flexibility index (Phi) is 14.1. The zero-order valence-corrected chi connectivity index (χ0v) is 41.5. The monoisotopic (exact) mass is 926 g/mol. The van der Waals surface area contributed by atoms with E-state index in [-0.39, 0.29) is 0 Å². The third-order valence-electron chi connectivity index (χ3n) is 13.1. The number of fused-ring (bicyclic) bond motifs is 1. The minimum atomic E-state index is 1.07. The molecule has 0 unspecified atom stereocenters. The Balaban J connectivity index is 1.05. The molecule has 0 N–H and O–H groups in total. The van der Waals surface area contributed by atoms with Gasteiger partial charge in [-0.25, -0.2) is 0 Å². The van der Waals surface area contributed by atoms with Crippen LogP contribution in [0, 0.1) is 27.7 Å². The van der Waals surface area contributed by atoms with Crippen LogP contribution in [0.3, 0.4) is 0 Å². The van der Waals surface area contributed by atoms with Crippen LogP contribution in [0.1, 0.15) is 66.8 Å². The zero-order chi connectivity index (χ0) is 49.2. The zero-order valence-electron chi connectivity index (χ0n) is 41.5. The number of rotatable bonds is 14. The van der Waals surface area contributed by atoms with Crippen molar-refractivity contribution in [1.29, 1.82) is 0 Å². The molecule has 0 spiro atoms. The van der Waals surface area contributed by atoms with Crippen LogP contribution in [0.15, 0.2) is 231 Å². The van der Waals surface area contributed by atoms with Crippen LogP contribution >= 0.6 is 0 Å². The van der Waals surface area contributed by atoms with Gasteiger partial charge in [0.2, 0.25) is 0 Å². The molecule has 10 aromatic carbocycles. The van der Waals surface area contributed by atoms with Gasteiger partial charge in [-0.1, -0.05) is 241 Å². The van der Waals surface area contributed by atoms with E-state index >= 15 is 0 Å². The lowest BCUT2D eigenvalue weighted by Gasteiger charge is -2.31. The van der Waals surface area contributed by atoms with Crippen molar-refractivity contribution in [3.05, 3.63) is 297 Å². The van der Waals surface area contributed by atoms with Crippen molar-refractivity contribution in [1.82, 2.24) is 0 Å². The molecule has 0 amide bonds. The van der Waals surface area contributed by atoms with Crippen molar-refractivity contribution in [3.63, 3.8) is 0 Å². The Morgan fingerprint density at radius 1 is 0.208 bits per heavy atom. The molecule has 2 nitrogen and oxygen atoms in total. The minimum Gasteiger partial charge on any atom is -0.310 e. The Hall–Kier alpha value is -8.98. The van der Waals surface area contributed by atoms with E-state index in [1.165, 1.54) is 44.5 Å². The van der Waals surface area contributed by atoms with Crippen LogP contribution < -0.4 is 9.80 Å². The van der Waals surface area contributed by atoms with Crippen molar-refractivity contribution in [2.75, 3.05) is 9.80 Å². The minimum absolute atomic E-state index is 1.07. The summed E-state index contributed by atoms with van der Waals surface area (Å²) in [6.45, 7) is 8.49. The lowest BCUT2D eigenvalue weighted by atomic mass is 10.0. The predicted octanol–water partition coefficient (Wildman–Crippen LogP) is 19.7. The van der Waals surface area contributed by atoms with Gasteiger partial charge in [-0.05, 0) is 133 Å². The maximum Gasteiger partial charge on any atom is 0.0541 e. The van der Waals surface area contributed by atoms with Crippen LogP contribution in [0.2, 0.25) is 0 Å².